The van der Waals surface area contributed by atoms with Crippen LogP contribution in [-0.2, 0) is 0 Å². The normalized spacial score (nSPS) is 20.6. The van der Waals surface area contributed by atoms with Crippen LogP contribution in [0.3, 0.4) is 0 Å². The highest BCUT2D eigenvalue weighted by Crippen LogP contribution is 2.30. The van der Waals surface area contributed by atoms with Crippen molar-refractivity contribution in [2.75, 3.05) is 20.2 Å². The van der Waals surface area contributed by atoms with E-state index in [-0.39, 0.29) is 11.8 Å². The van der Waals surface area contributed by atoms with Crippen molar-refractivity contribution in [3.63, 3.8) is 0 Å². The van der Waals surface area contributed by atoms with Crippen molar-refractivity contribution in [1.82, 2.24) is 4.90 Å². The van der Waals surface area contributed by atoms with Gasteiger partial charge < -0.3 is 4.74 Å². The minimum absolute atomic E-state index is 0.0488. The molecule has 2 rings (SSSR count). The number of carbonyl (C=O) groups is 1. The van der Waals surface area contributed by atoms with Crippen LogP contribution < -0.4 is 4.74 Å². The van der Waals surface area contributed by atoms with Gasteiger partial charge in [0.05, 0.1) is 13.2 Å². The van der Waals surface area contributed by atoms with Gasteiger partial charge in [-0.1, -0.05) is 13.8 Å². The summed E-state index contributed by atoms with van der Waals surface area (Å²) in [5, 5.41) is 0. The van der Waals surface area contributed by atoms with Crippen molar-refractivity contribution in [2.24, 2.45) is 5.41 Å². The van der Waals surface area contributed by atoms with Gasteiger partial charge in [-0.2, -0.15) is 0 Å². The van der Waals surface area contributed by atoms with Gasteiger partial charge in [0.2, 0.25) is 0 Å². The molecule has 0 amide bonds. The van der Waals surface area contributed by atoms with Gasteiger partial charge in [-0.15, -0.1) is 0 Å². The van der Waals surface area contributed by atoms with E-state index in [1.54, 1.807) is 7.11 Å². The average molecular weight is 289 g/mol. The van der Waals surface area contributed by atoms with Gasteiger partial charge in [0.15, 0.2) is 5.78 Å². The molecular weight excluding hydrogens is 262 g/mol. The van der Waals surface area contributed by atoms with E-state index in [4.69, 9.17) is 4.74 Å². The highest BCUT2D eigenvalue weighted by atomic mass is 16.5. The predicted octanol–water partition coefficient (Wildman–Crippen LogP) is 3.78. The van der Waals surface area contributed by atoms with Crippen LogP contribution >= 0.6 is 0 Å². The lowest BCUT2D eigenvalue weighted by molar-refractivity contribution is 0.0838. The quantitative estimate of drug-likeness (QED) is 0.790. The number of Topliss-reactive ketones (excluding diaryl/α,β-unsaturated/α-hetero) is 1. The molecule has 1 aromatic carbocycles. The van der Waals surface area contributed by atoms with E-state index in [0.29, 0.717) is 5.41 Å². The third-order valence-corrected chi connectivity index (χ3v) is 4.68. The topological polar surface area (TPSA) is 29.5 Å². The summed E-state index contributed by atoms with van der Waals surface area (Å²) in [7, 11) is 1.64. The second-order valence-corrected chi connectivity index (χ2v) is 6.82. The Morgan fingerprint density at radius 3 is 2.48 bits per heavy atom. The third kappa shape index (κ3) is 4.07. The summed E-state index contributed by atoms with van der Waals surface area (Å²) in [4.78, 5) is 15.0. The first-order valence-electron chi connectivity index (χ1n) is 7.85. The average Bonchev–Trinajstić information content (AvgIpc) is 2.66. The summed E-state index contributed by atoms with van der Waals surface area (Å²) in [6.07, 6.45) is 3.58. The molecule has 1 aromatic rings. The molecule has 1 heterocycles. The van der Waals surface area contributed by atoms with E-state index < -0.39 is 0 Å². The summed E-state index contributed by atoms with van der Waals surface area (Å²) in [6, 6.07) is 7.38. The van der Waals surface area contributed by atoms with Crippen LogP contribution in [0.2, 0.25) is 0 Å². The van der Waals surface area contributed by atoms with Crippen LogP contribution in [0.5, 0.6) is 5.75 Å². The number of ether oxygens (including phenoxy) is 1. The molecule has 0 aliphatic carbocycles. The fourth-order valence-electron chi connectivity index (χ4n) is 2.99. The Hall–Kier alpha value is -1.35. The Morgan fingerprint density at radius 1 is 1.19 bits per heavy atom. The zero-order valence-corrected chi connectivity index (χ0v) is 13.7. The lowest BCUT2D eigenvalue weighted by Crippen LogP contribution is -2.39. The first-order chi connectivity index (χ1) is 9.93. The first-order valence-corrected chi connectivity index (χ1v) is 7.85. The van der Waals surface area contributed by atoms with E-state index in [9.17, 15) is 4.79 Å². The molecule has 0 bridgehead atoms. The first kappa shape index (κ1) is 16.0. The number of hydrogen-bond acceptors (Lipinski definition) is 3. The van der Waals surface area contributed by atoms with E-state index in [0.717, 1.165) is 30.8 Å². The highest BCUT2D eigenvalue weighted by molar-refractivity contribution is 5.99. The molecule has 0 saturated carbocycles. The zero-order chi connectivity index (χ0) is 15.5. The third-order valence-electron chi connectivity index (χ3n) is 4.68. The maximum atomic E-state index is 12.6. The number of benzene rings is 1. The van der Waals surface area contributed by atoms with Crippen molar-refractivity contribution in [1.29, 1.82) is 0 Å². The maximum absolute atomic E-state index is 12.6. The van der Waals surface area contributed by atoms with Crippen molar-refractivity contribution < 1.29 is 9.53 Å². The molecular formula is C18H27NO2. The van der Waals surface area contributed by atoms with Crippen LogP contribution in [0.4, 0.5) is 0 Å². The van der Waals surface area contributed by atoms with Gasteiger partial charge >= 0.3 is 0 Å². The summed E-state index contributed by atoms with van der Waals surface area (Å²) in [5.74, 6) is 0.994. The van der Waals surface area contributed by atoms with E-state index in [2.05, 4.69) is 18.7 Å². The Bertz CT molecular complexity index is 478. The van der Waals surface area contributed by atoms with Crippen molar-refractivity contribution in [2.45, 2.75) is 46.1 Å². The Balaban J connectivity index is 2.04. The van der Waals surface area contributed by atoms with Gasteiger partial charge in [0.25, 0.3) is 0 Å². The number of methoxy groups -OCH3 is 1. The lowest BCUT2D eigenvalue weighted by atomic mass is 9.85. The zero-order valence-electron chi connectivity index (χ0n) is 13.7. The van der Waals surface area contributed by atoms with Gasteiger partial charge in [0.1, 0.15) is 5.75 Å². The van der Waals surface area contributed by atoms with E-state index in [1.165, 1.54) is 12.8 Å². The molecule has 0 N–H and O–H groups in total. The van der Waals surface area contributed by atoms with Crippen molar-refractivity contribution in [3.05, 3.63) is 29.8 Å². The summed E-state index contributed by atoms with van der Waals surface area (Å²) in [6.45, 7) is 8.71. The minimum atomic E-state index is -0.0488. The van der Waals surface area contributed by atoms with Crippen LogP contribution in [0.25, 0.3) is 0 Å². The number of carbonyl (C=O) groups excluding carboxylic acids is 1. The molecule has 1 aliphatic heterocycles. The van der Waals surface area contributed by atoms with Crippen molar-refractivity contribution >= 4 is 5.78 Å². The second kappa shape index (κ2) is 6.61. The Labute approximate surface area is 128 Å². The second-order valence-electron chi connectivity index (χ2n) is 6.82. The standard InChI is InChI=1S/C18H27NO2/c1-14(19-12-5-10-18(2,3)11-13-19)17(20)15-6-8-16(21-4)9-7-15/h6-9,14H,5,10-13H2,1-4H3. The molecule has 0 radical (unpaired) electrons. The molecule has 1 atom stereocenters. The SMILES string of the molecule is COc1ccc(C(=O)C(C)N2CCCC(C)(C)CC2)cc1. The molecule has 1 saturated heterocycles. The van der Waals surface area contributed by atoms with Crippen LogP contribution in [-0.4, -0.2) is 36.9 Å². The smallest absolute Gasteiger partial charge is 0.179 e. The fourth-order valence-corrected chi connectivity index (χ4v) is 2.99. The lowest BCUT2D eigenvalue weighted by Gasteiger charge is -2.27. The summed E-state index contributed by atoms with van der Waals surface area (Å²) in [5.41, 5.74) is 1.17. The number of ketones is 1. The monoisotopic (exact) mass is 289 g/mol. The number of likely N-dealkylation sites (tertiary alicyclic amines) is 1. The van der Waals surface area contributed by atoms with E-state index >= 15 is 0 Å². The Morgan fingerprint density at radius 2 is 1.86 bits per heavy atom. The molecule has 0 aromatic heterocycles. The largest absolute Gasteiger partial charge is 0.497 e. The maximum Gasteiger partial charge on any atom is 0.179 e. The molecule has 116 valence electrons. The minimum Gasteiger partial charge on any atom is -0.497 e. The van der Waals surface area contributed by atoms with Crippen LogP contribution in [0.1, 0.15) is 50.4 Å². The number of hydrogen-bond donors (Lipinski definition) is 0. The highest BCUT2D eigenvalue weighted by Gasteiger charge is 2.28. The van der Waals surface area contributed by atoms with Gasteiger partial charge in [-0.25, -0.2) is 0 Å². The molecule has 1 unspecified atom stereocenters. The predicted molar refractivity (Wildman–Crippen MR) is 86.0 cm³/mol. The molecule has 0 spiro atoms. The van der Waals surface area contributed by atoms with Gasteiger partial charge in [-0.3, -0.25) is 9.69 Å². The van der Waals surface area contributed by atoms with Crippen LogP contribution in [0.15, 0.2) is 24.3 Å². The van der Waals surface area contributed by atoms with E-state index in [1.807, 2.05) is 31.2 Å². The van der Waals surface area contributed by atoms with Gasteiger partial charge in [0, 0.05) is 5.56 Å². The Kier molecular flexibility index (Phi) is 5.04. The molecule has 1 fully saturated rings. The summed E-state index contributed by atoms with van der Waals surface area (Å²) >= 11 is 0. The molecule has 3 nitrogen and oxygen atoms in total. The molecule has 21 heavy (non-hydrogen) atoms. The molecule has 3 heteroatoms. The fraction of sp³-hybridized carbons (Fsp3) is 0.611. The van der Waals surface area contributed by atoms with Crippen LogP contribution in [0, 0.1) is 5.41 Å². The van der Waals surface area contributed by atoms with Gasteiger partial charge in [-0.05, 0) is 69.0 Å². The summed E-state index contributed by atoms with van der Waals surface area (Å²) < 4.78 is 5.14. The number of rotatable bonds is 4. The number of nitrogens with zero attached hydrogens (tertiary/aromatic N) is 1. The molecule has 1 aliphatic rings. The van der Waals surface area contributed by atoms with Crippen molar-refractivity contribution in [3.8, 4) is 5.75 Å².